The molecule has 1 N–H and O–H groups in total. The lowest BCUT2D eigenvalue weighted by atomic mass is 10.1. The van der Waals surface area contributed by atoms with Gasteiger partial charge in [0, 0.05) is 11.6 Å². The fourth-order valence-electron chi connectivity index (χ4n) is 2.06. The van der Waals surface area contributed by atoms with Crippen LogP contribution in [0.25, 0.3) is 0 Å². The van der Waals surface area contributed by atoms with Crippen molar-refractivity contribution < 1.29 is 14.5 Å². The van der Waals surface area contributed by atoms with Gasteiger partial charge in [0.05, 0.1) is 23.4 Å². The number of rotatable bonds is 4. The molecule has 0 spiro atoms. The van der Waals surface area contributed by atoms with E-state index in [1.807, 2.05) is 0 Å². The number of pyridine rings is 1. The number of hydrogen-bond acceptors (Lipinski definition) is 5. The van der Waals surface area contributed by atoms with Crippen molar-refractivity contribution in [2.45, 2.75) is 13.8 Å². The molecule has 7 heteroatoms. The summed E-state index contributed by atoms with van der Waals surface area (Å²) in [4.78, 5) is 27.1. The van der Waals surface area contributed by atoms with Gasteiger partial charge in [0.1, 0.15) is 5.56 Å². The molecule has 0 atom stereocenters. The summed E-state index contributed by atoms with van der Waals surface area (Å²) in [6, 6.07) is 7.87. The minimum Gasteiger partial charge on any atom is -0.481 e. The third-order valence-electron chi connectivity index (χ3n) is 3.18. The Kier molecular flexibility index (Phi) is 4.36. The molecule has 1 aromatic carbocycles. The largest absolute Gasteiger partial charge is 0.481 e. The van der Waals surface area contributed by atoms with Crippen LogP contribution in [0.4, 0.5) is 11.4 Å². The highest BCUT2D eigenvalue weighted by atomic mass is 16.6. The first-order valence-corrected chi connectivity index (χ1v) is 6.51. The molecule has 114 valence electrons. The number of carbonyl (C=O) groups is 1. The van der Waals surface area contributed by atoms with Crippen molar-refractivity contribution in [3.05, 3.63) is 57.3 Å². The summed E-state index contributed by atoms with van der Waals surface area (Å²) in [6.07, 6.45) is 0. The Morgan fingerprint density at radius 1 is 1.27 bits per heavy atom. The number of nitrogens with one attached hydrogen (secondary N) is 1. The number of methoxy groups -OCH3 is 1. The number of para-hydroxylation sites is 1. The maximum atomic E-state index is 12.3. The molecule has 0 saturated heterocycles. The zero-order chi connectivity index (χ0) is 16.3. The second-order valence-corrected chi connectivity index (χ2v) is 4.67. The Bertz CT molecular complexity index is 744. The van der Waals surface area contributed by atoms with Crippen LogP contribution >= 0.6 is 0 Å². The second kappa shape index (κ2) is 6.21. The SMILES string of the molecule is COc1ccc(NC(=O)c2cccc(C)c2[N+](=O)[O-])c(C)n1. The van der Waals surface area contributed by atoms with Crippen LogP contribution in [0.3, 0.4) is 0 Å². The van der Waals surface area contributed by atoms with Crippen LogP contribution in [-0.2, 0) is 0 Å². The van der Waals surface area contributed by atoms with E-state index in [-0.39, 0.29) is 11.3 Å². The lowest BCUT2D eigenvalue weighted by Gasteiger charge is -2.10. The molecule has 1 amide bonds. The number of benzene rings is 1. The number of nitro groups is 1. The fourth-order valence-corrected chi connectivity index (χ4v) is 2.06. The summed E-state index contributed by atoms with van der Waals surface area (Å²) in [7, 11) is 1.50. The number of aryl methyl sites for hydroxylation is 2. The van der Waals surface area contributed by atoms with Crippen molar-refractivity contribution in [1.82, 2.24) is 4.98 Å². The molecule has 1 heterocycles. The molecule has 2 rings (SSSR count). The number of ether oxygens (including phenoxy) is 1. The van der Waals surface area contributed by atoms with Crippen molar-refractivity contribution in [3.8, 4) is 5.88 Å². The molecule has 0 aliphatic carbocycles. The highest BCUT2D eigenvalue weighted by Gasteiger charge is 2.22. The third kappa shape index (κ3) is 3.03. The first kappa shape index (κ1) is 15.4. The van der Waals surface area contributed by atoms with Crippen LogP contribution in [0.15, 0.2) is 30.3 Å². The Labute approximate surface area is 127 Å². The van der Waals surface area contributed by atoms with Crippen LogP contribution in [0.5, 0.6) is 5.88 Å². The molecular formula is C15H15N3O4. The lowest BCUT2D eigenvalue weighted by molar-refractivity contribution is -0.385. The second-order valence-electron chi connectivity index (χ2n) is 4.67. The predicted octanol–water partition coefficient (Wildman–Crippen LogP) is 2.87. The van der Waals surface area contributed by atoms with Crippen molar-refractivity contribution in [3.63, 3.8) is 0 Å². The Hall–Kier alpha value is -2.96. The normalized spacial score (nSPS) is 10.1. The average Bonchev–Trinajstić information content (AvgIpc) is 2.48. The number of aromatic nitrogens is 1. The van der Waals surface area contributed by atoms with Gasteiger partial charge in [0.2, 0.25) is 5.88 Å². The van der Waals surface area contributed by atoms with Gasteiger partial charge in [0.15, 0.2) is 0 Å². The maximum Gasteiger partial charge on any atom is 0.285 e. The highest BCUT2D eigenvalue weighted by Crippen LogP contribution is 2.25. The number of anilines is 1. The quantitative estimate of drug-likeness (QED) is 0.692. The van der Waals surface area contributed by atoms with Gasteiger partial charge in [0.25, 0.3) is 11.6 Å². The van der Waals surface area contributed by atoms with E-state index in [0.717, 1.165) is 0 Å². The van der Waals surface area contributed by atoms with Crippen molar-refractivity contribution in [2.24, 2.45) is 0 Å². The number of amides is 1. The van der Waals surface area contributed by atoms with Gasteiger partial charge in [-0.1, -0.05) is 12.1 Å². The van der Waals surface area contributed by atoms with Gasteiger partial charge in [-0.15, -0.1) is 0 Å². The maximum absolute atomic E-state index is 12.3. The van der Waals surface area contributed by atoms with Gasteiger partial charge in [-0.05, 0) is 26.0 Å². The zero-order valence-electron chi connectivity index (χ0n) is 12.4. The standard InChI is InChI=1S/C15H15N3O4/c1-9-5-4-6-11(14(9)18(20)21)15(19)17-12-7-8-13(22-3)16-10(12)2/h4-8H,1-3H3,(H,17,19). The van der Waals surface area contributed by atoms with E-state index in [0.29, 0.717) is 22.8 Å². The van der Waals surface area contributed by atoms with Gasteiger partial charge >= 0.3 is 0 Å². The van der Waals surface area contributed by atoms with E-state index in [1.54, 1.807) is 38.1 Å². The first-order valence-electron chi connectivity index (χ1n) is 6.51. The van der Waals surface area contributed by atoms with E-state index < -0.39 is 10.8 Å². The predicted molar refractivity (Wildman–Crippen MR) is 81.3 cm³/mol. The summed E-state index contributed by atoms with van der Waals surface area (Å²) < 4.78 is 4.99. The van der Waals surface area contributed by atoms with Crippen LogP contribution in [0.2, 0.25) is 0 Å². The van der Waals surface area contributed by atoms with E-state index in [9.17, 15) is 14.9 Å². The van der Waals surface area contributed by atoms with E-state index in [2.05, 4.69) is 10.3 Å². The van der Waals surface area contributed by atoms with Gasteiger partial charge in [-0.3, -0.25) is 14.9 Å². The number of nitrogens with zero attached hydrogens (tertiary/aromatic N) is 2. The molecule has 0 saturated carbocycles. The van der Waals surface area contributed by atoms with Crippen molar-refractivity contribution >= 4 is 17.3 Å². The Balaban J connectivity index is 2.34. The van der Waals surface area contributed by atoms with Crippen LogP contribution < -0.4 is 10.1 Å². The fraction of sp³-hybridized carbons (Fsp3) is 0.200. The molecule has 22 heavy (non-hydrogen) atoms. The Morgan fingerprint density at radius 3 is 2.59 bits per heavy atom. The molecule has 7 nitrogen and oxygen atoms in total. The molecule has 0 fully saturated rings. The van der Waals surface area contributed by atoms with Crippen molar-refractivity contribution in [2.75, 3.05) is 12.4 Å². The minimum absolute atomic E-state index is 0.0141. The summed E-state index contributed by atoms with van der Waals surface area (Å²) in [5.74, 6) is -0.123. The van der Waals surface area contributed by atoms with E-state index >= 15 is 0 Å². The first-order chi connectivity index (χ1) is 10.4. The topological polar surface area (TPSA) is 94.4 Å². The monoisotopic (exact) mass is 301 g/mol. The average molecular weight is 301 g/mol. The smallest absolute Gasteiger partial charge is 0.285 e. The molecule has 0 unspecified atom stereocenters. The number of hydrogen-bond donors (Lipinski definition) is 1. The molecule has 2 aromatic rings. The summed E-state index contributed by atoms with van der Waals surface area (Å²) in [5.41, 5.74) is 1.28. The summed E-state index contributed by atoms with van der Waals surface area (Å²) >= 11 is 0. The van der Waals surface area contributed by atoms with Crippen molar-refractivity contribution in [1.29, 1.82) is 0 Å². The number of carbonyl (C=O) groups excluding carboxylic acids is 1. The molecule has 0 radical (unpaired) electrons. The number of nitro benzene ring substituents is 1. The van der Waals surface area contributed by atoms with Crippen LogP contribution in [-0.4, -0.2) is 22.9 Å². The molecule has 0 aliphatic heterocycles. The lowest BCUT2D eigenvalue weighted by Crippen LogP contribution is -2.15. The molecular weight excluding hydrogens is 286 g/mol. The van der Waals surface area contributed by atoms with Crippen LogP contribution in [0.1, 0.15) is 21.6 Å². The zero-order valence-corrected chi connectivity index (χ0v) is 12.4. The van der Waals surface area contributed by atoms with Gasteiger partial charge in [-0.25, -0.2) is 4.98 Å². The molecule has 0 bridgehead atoms. The van der Waals surface area contributed by atoms with E-state index in [1.165, 1.54) is 13.2 Å². The Morgan fingerprint density at radius 2 is 2.00 bits per heavy atom. The third-order valence-corrected chi connectivity index (χ3v) is 3.18. The summed E-state index contributed by atoms with van der Waals surface area (Å²) in [5, 5.41) is 13.8. The minimum atomic E-state index is -0.552. The summed E-state index contributed by atoms with van der Waals surface area (Å²) in [6.45, 7) is 3.30. The van der Waals surface area contributed by atoms with Crippen LogP contribution in [0, 0.1) is 24.0 Å². The van der Waals surface area contributed by atoms with Gasteiger partial charge < -0.3 is 10.1 Å². The van der Waals surface area contributed by atoms with E-state index in [4.69, 9.17) is 4.74 Å². The molecule has 1 aromatic heterocycles. The highest BCUT2D eigenvalue weighted by molar-refractivity contribution is 6.07. The van der Waals surface area contributed by atoms with Gasteiger partial charge in [-0.2, -0.15) is 0 Å². The molecule has 0 aliphatic rings.